The Labute approximate surface area is 178 Å². The van der Waals surface area contributed by atoms with Gasteiger partial charge in [0.15, 0.2) is 5.96 Å². The Hall–Kier alpha value is -2.28. The second-order valence-electron chi connectivity index (χ2n) is 7.81. The minimum Gasteiger partial charge on any atom is -0.359 e. The molecule has 0 bridgehead atoms. The molecule has 1 saturated heterocycles. The highest BCUT2D eigenvalue weighted by Gasteiger charge is 2.28. The predicted molar refractivity (Wildman–Crippen MR) is 117 cm³/mol. The summed E-state index contributed by atoms with van der Waals surface area (Å²) >= 11 is 6.01. The van der Waals surface area contributed by atoms with Gasteiger partial charge in [0, 0.05) is 44.8 Å². The van der Waals surface area contributed by atoms with Crippen molar-refractivity contribution in [3.05, 3.63) is 34.9 Å². The Bertz CT molecular complexity index is 742. The van der Waals surface area contributed by atoms with E-state index < -0.39 is 5.41 Å². The fourth-order valence-corrected chi connectivity index (χ4v) is 3.42. The molecule has 1 aliphatic rings. The number of benzene rings is 1. The van der Waals surface area contributed by atoms with E-state index in [1.807, 2.05) is 43.9 Å². The van der Waals surface area contributed by atoms with Gasteiger partial charge >= 0.3 is 0 Å². The number of amides is 2. The average Bonchev–Trinajstić information content (AvgIpc) is 2.70. The highest BCUT2D eigenvalue weighted by molar-refractivity contribution is 6.30. The minimum atomic E-state index is -0.579. The van der Waals surface area contributed by atoms with Crippen molar-refractivity contribution in [1.29, 1.82) is 0 Å². The third-order valence-corrected chi connectivity index (χ3v) is 5.21. The molecule has 2 amide bonds. The largest absolute Gasteiger partial charge is 0.359 e. The summed E-state index contributed by atoms with van der Waals surface area (Å²) in [6.07, 6.45) is 0.356. The zero-order valence-electron chi connectivity index (χ0n) is 17.8. The third-order valence-electron chi connectivity index (χ3n) is 4.98. The predicted octanol–water partition coefficient (Wildman–Crippen LogP) is 1.76. The van der Waals surface area contributed by atoms with Crippen LogP contribution in [0, 0.1) is 5.41 Å². The van der Waals surface area contributed by atoms with E-state index in [4.69, 9.17) is 11.6 Å². The summed E-state index contributed by atoms with van der Waals surface area (Å²) in [7, 11) is 1.64. The molecule has 1 aromatic carbocycles. The molecular formula is C21H32ClN5O2. The van der Waals surface area contributed by atoms with Gasteiger partial charge in [-0.15, -0.1) is 0 Å². The van der Waals surface area contributed by atoms with Crippen molar-refractivity contribution in [3.8, 4) is 0 Å². The van der Waals surface area contributed by atoms with E-state index in [9.17, 15) is 9.59 Å². The van der Waals surface area contributed by atoms with Crippen LogP contribution >= 0.6 is 11.6 Å². The molecule has 1 fully saturated rings. The van der Waals surface area contributed by atoms with E-state index in [0.29, 0.717) is 44.2 Å². The fourth-order valence-electron chi connectivity index (χ4n) is 3.21. The highest BCUT2D eigenvalue weighted by atomic mass is 35.5. The van der Waals surface area contributed by atoms with Crippen LogP contribution in [0.25, 0.3) is 0 Å². The van der Waals surface area contributed by atoms with E-state index in [0.717, 1.165) is 18.1 Å². The summed E-state index contributed by atoms with van der Waals surface area (Å²) in [6, 6.07) is 7.42. The molecule has 29 heavy (non-hydrogen) atoms. The topological polar surface area (TPSA) is 77.0 Å². The van der Waals surface area contributed by atoms with Crippen LogP contribution in [-0.2, 0) is 16.0 Å². The molecule has 0 spiro atoms. The van der Waals surface area contributed by atoms with Gasteiger partial charge in [-0.3, -0.25) is 14.6 Å². The van der Waals surface area contributed by atoms with Gasteiger partial charge in [-0.25, -0.2) is 0 Å². The van der Waals surface area contributed by atoms with Crippen LogP contribution in [0.3, 0.4) is 0 Å². The van der Waals surface area contributed by atoms with Crippen molar-refractivity contribution in [3.63, 3.8) is 0 Å². The smallest absolute Gasteiger partial charge is 0.227 e. The summed E-state index contributed by atoms with van der Waals surface area (Å²) < 4.78 is 0. The Morgan fingerprint density at radius 2 is 1.83 bits per heavy atom. The zero-order valence-corrected chi connectivity index (χ0v) is 18.6. The van der Waals surface area contributed by atoms with Gasteiger partial charge in [-0.2, -0.15) is 0 Å². The normalized spacial score (nSPS) is 15.3. The van der Waals surface area contributed by atoms with Gasteiger partial charge in [-0.1, -0.05) is 23.7 Å². The van der Waals surface area contributed by atoms with E-state index in [1.54, 1.807) is 13.1 Å². The van der Waals surface area contributed by atoms with Crippen molar-refractivity contribution in [2.75, 3.05) is 46.3 Å². The Kier molecular flexibility index (Phi) is 8.32. The molecule has 2 N–H and O–H groups in total. The Morgan fingerprint density at radius 3 is 2.41 bits per heavy atom. The molecule has 0 radical (unpaired) electrons. The van der Waals surface area contributed by atoms with Crippen LogP contribution < -0.4 is 10.6 Å². The number of nitrogens with zero attached hydrogens (tertiary/aromatic N) is 3. The van der Waals surface area contributed by atoms with Crippen molar-refractivity contribution < 1.29 is 9.59 Å². The number of nitrogens with one attached hydrogen (secondary N) is 2. The van der Waals surface area contributed by atoms with E-state index in [2.05, 4.69) is 20.5 Å². The summed E-state index contributed by atoms with van der Waals surface area (Å²) in [5.74, 6) is 0.856. The molecule has 7 nitrogen and oxygen atoms in total. The maximum atomic E-state index is 12.6. The van der Waals surface area contributed by atoms with Crippen LogP contribution in [0.15, 0.2) is 29.3 Å². The lowest BCUT2D eigenvalue weighted by molar-refractivity contribution is -0.131. The van der Waals surface area contributed by atoms with Crippen LogP contribution in [0.1, 0.15) is 26.3 Å². The van der Waals surface area contributed by atoms with Gasteiger partial charge in [0.2, 0.25) is 11.8 Å². The molecular weight excluding hydrogens is 390 g/mol. The van der Waals surface area contributed by atoms with Crippen molar-refractivity contribution >= 4 is 29.4 Å². The number of rotatable bonds is 6. The second-order valence-corrected chi connectivity index (χ2v) is 8.24. The van der Waals surface area contributed by atoms with Crippen LogP contribution in [0.5, 0.6) is 0 Å². The maximum Gasteiger partial charge on any atom is 0.227 e. The average molecular weight is 422 g/mol. The van der Waals surface area contributed by atoms with Gasteiger partial charge < -0.3 is 20.4 Å². The summed E-state index contributed by atoms with van der Waals surface area (Å²) in [5, 5.41) is 6.63. The number of guanidine groups is 1. The number of hydrogen-bond donors (Lipinski definition) is 2. The molecule has 0 aliphatic carbocycles. The van der Waals surface area contributed by atoms with Crippen LogP contribution in [-0.4, -0.2) is 73.9 Å². The standard InChI is InChI=1S/C21H32ClN5O2/c1-5-24-20(25-15-21(2,3)19(29)23-4)27-11-9-26(10-12-27)18(28)14-16-7-6-8-17(22)13-16/h6-8,13H,5,9-12,14-15H2,1-4H3,(H,23,29)(H,24,25). The Morgan fingerprint density at radius 1 is 1.17 bits per heavy atom. The molecule has 2 rings (SSSR count). The van der Waals surface area contributed by atoms with Gasteiger partial charge in [0.25, 0.3) is 0 Å². The Balaban J connectivity index is 1.94. The second kappa shape index (κ2) is 10.5. The quantitative estimate of drug-likeness (QED) is 0.542. The maximum absolute atomic E-state index is 12.6. The lowest BCUT2D eigenvalue weighted by Gasteiger charge is -2.37. The van der Waals surface area contributed by atoms with Crippen LogP contribution in [0.4, 0.5) is 0 Å². The minimum absolute atomic E-state index is 0.0338. The van der Waals surface area contributed by atoms with E-state index in [1.165, 1.54) is 0 Å². The first-order valence-corrected chi connectivity index (χ1v) is 10.4. The number of carbonyl (C=O) groups is 2. The lowest BCUT2D eigenvalue weighted by Crippen LogP contribution is -2.54. The number of aliphatic imine (C=N–C) groups is 1. The van der Waals surface area contributed by atoms with E-state index >= 15 is 0 Å². The summed E-state index contributed by atoms with van der Waals surface area (Å²) in [5.41, 5.74) is 0.348. The zero-order chi connectivity index (χ0) is 21.4. The van der Waals surface area contributed by atoms with E-state index in [-0.39, 0.29) is 11.8 Å². The monoisotopic (exact) mass is 421 g/mol. The SMILES string of the molecule is CCNC(=NCC(C)(C)C(=O)NC)N1CCN(C(=O)Cc2cccc(Cl)c2)CC1. The molecule has 0 unspecified atom stereocenters. The molecule has 1 aliphatic heterocycles. The van der Waals surface area contributed by atoms with Gasteiger partial charge in [0.1, 0.15) is 0 Å². The first-order chi connectivity index (χ1) is 13.8. The number of hydrogen-bond acceptors (Lipinski definition) is 3. The summed E-state index contributed by atoms with van der Waals surface area (Å²) in [4.78, 5) is 33.3. The molecule has 1 heterocycles. The van der Waals surface area contributed by atoms with Crippen molar-refractivity contribution in [2.24, 2.45) is 10.4 Å². The fraction of sp³-hybridized carbons (Fsp3) is 0.571. The lowest BCUT2D eigenvalue weighted by atomic mass is 9.93. The third kappa shape index (κ3) is 6.63. The molecule has 160 valence electrons. The first kappa shape index (κ1) is 23.0. The highest BCUT2D eigenvalue weighted by Crippen LogP contribution is 2.16. The van der Waals surface area contributed by atoms with Crippen molar-refractivity contribution in [1.82, 2.24) is 20.4 Å². The first-order valence-electron chi connectivity index (χ1n) is 10.0. The van der Waals surface area contributed by atoms with Crippen LogP contribution in [0.2, 0.25) is 5.02 Å². The molecule has 0 atom stereocenters. The van der Waals surface area contributed by atoms with Gasteiger partial charge in [0.05, 0.1) is 18.4 Å². The number of halogens is 1. The van der Waals surface area contributed by atoms with Crippen molar-refractivity contribution in [2.45, 2.75) is 27.2 Å². The number of piperazine rings is 1. The molecule has 0 aromatic heterocycles. The molecule has 8 heteroatoms. The number of carbonyl (C=O) groups excluding carboxylic acids is 2. The van der Waals surface area contributed by atoms with Gasteiger partial charge in [-0.05, 0) is 38.5 Å². The summed E-state index contributed by atoms with van der Waals surface area (Å²) in [6.45, 7) is 9.60. The molecule has 0 saturated carbocycles. The molecule has 1 aromatic rings.